The summed E-state index contributed by atoms with van der Waals surface area (Å²) in [5.41, 5.74) is 1.85. The number of benzene rings is 2. The zero-order valence-corrected chi connectivity index (χ0v) is 17.5. The number of ether oxygens (including phenoxy) is 1. The van der Waals surface area contributed by atoms with Crippen molar-refractivity contribution in [3.05, 3.63) is 59.9 Å². The molecule has 0 aromatic heterocycles. The van der Waals surface area contributed by atoms with E-state index in [2.05, 4.69) is 14.9 Å². The Hall–Kier alpha value is -2.33. The number of nitrogens with one attached hydrogen (secondary N) is 2. The molecular weight excluding hydrogens is 409 g/mol. The lowest BCUT2D eigenvalue weighted by molar-refractivity contribution is -0.116. The maximum Gasteiger partial charge on any atom is 0.240 e. The number of amides is 1. The fraction of sp³-hybridized carbons (Fsp3) is 0.381. The van der Waals surface area contributed by atoms with Gasteiger partial charge >= 0.3 is 0 Å². The molecule has 1 saturated heterocycles. The highest BCUT2D eigenvalue weighted by Crippen LogP contribution is 2.12. The standard InChI is InChI=1S/C21H26FN3O4S/c22-18-3-7-20(8-4-18)30(27,28)23-11-9-21(26)24-19-5-1-17(2-6-19)10-12-25-13-15-29-16-14-25/h1-8,23H,9-16H2,(H,24,26). The highest BCUT2D eigenvalue weighted by Gasteiger charge is 2.14. The lowest BCUT2D eigenvalue weighted by atomic mass is 10.1. The maximum atomic E-state index is 12.9. The van der Waals surface area contributed by atoms with Gasteiger partial charge in [0.25, 0.3) is 0 Å². The van der Waals surface area contributed by atoms with Gasteiger partial charge in [0.1, 0.15) is 5.82 Å². The van der Waals surface area contributed by atoms with E-state index in [-0.39, 0.29) is 23.8 Å². The highest BCUT2D eigenvalue weighted by molar-refractivity contribution is 7.89. The Balaban J connectivity index is 1.40. The summed E-state index contributed by atoms with van der Waals surface area (Å²) in [6, 6.07) is 12.2. The minimum Gasteiger partial charge on any atom is -0.379 e. The van der Waals surface area contributed by atoms with Crippen LogP contribution in [0.25, 0.3) is 0 Å². The van der Waals surface area contributed by atoms with Gasteiger partial charge in [0.05, 0.1) is 18.1 Å². The summed E-state index contributed by atoms with van der Waals surface area (Å²) in [6.45, 7) is 4.40. The largest absolute Gasteiger partial charge is 0.379 e. The number of morpholine rings is 1. The van der Waals surface area contributed by atoms with Crippen molar-refractivity contribution in [1.82, 2.24) is 9.62 Å². The molecule has 7 nitrogen and oxygen atoms in total. The maximum absolute atomic E-state index is 12.9. The molecule has 1 amide bonds. The van der Waals surface area contributed by atoms with Crippen LogP contribution in [0.5, 0.6) is 0 Å². The quantitative estimate of drug-likeness (QED) is 0.629. The predicted molar refractivity (Wildman–Crippen MR) is 112 cm³/mol. The number of rotatable bonds is 9. The first-order valence-corrected chi connectivity index (χ1v) is 11.3. The van der Waals surface area contributed by atoms with Crippen molar-refractivity contribution in [2.24, 2.45) is 0 Å². The third-order valence-electron chi connectivity index (χ3n) is 4.83. The van der Waals surface area contributed by atoms with Gasteiger partial charge in [0.2, 0.25) is 15.9 Å². The molecule has 0 aliphatic carbocycles. The Morgan fingerprint density at radius 1 is 1.03 bits per heavy atom. The molecule has 0 bridgehead atoms. The number of hydrogen-bond donors (Lipinski definition) is 2. The van der Waals surface area contributed by atoms with Gasteiger partial charge in [-0.1, -0.05) is 12.1 Å². The number of sulfonamides is 1. The zero-order chi connectivity index (χ0) is 21.4. The SMILES string of the molecule is O=C(CCNS(=O)(=O)c1ccc(F)cc1)Nc1ccc(CCN2CCOCC2)cc1. The van der Waals surface area contributed by atoms with Gasteiger partial charge < -0.3 is 10.1 Å². The van der Waals surface area contributed by atoms with Crippen molar-refractivity contribution >= 4 is 21.6 Å². The van der Waals surface area contributed by atoms with Crippen LogP contribution in [-0.2, 0) is 26.0 Å². The van der Waals surface area contributed by atoms with Crippen molar-refractivity contribution in [1.29, 1.82) is 0 Å². The molecule has 0 atom stereocenters. The number of halogens is 1. The minimum atomic E-state index is -3.78. The van der Waals surface area contributed by atoms with Gasteiger partial charge in [-0.3, -0.25) is 9.69 Å². The second kappa shape index (κ2) is 10.6. The Bertz CT molecular complexity index is 928. The lowest BCUT2D eigenvalue weighted by Gasteiger charge is -2.26. The lowest BCUT2D eigenvalue weighted by Crippen LogP contribution is -2.37. The molecule has 1 fully saturated rings. The molecular formula is C21H26FN3O4S. The normalized spacial score (nSPS) is 15.1. The van der Waals surface area contributed by atoms with Crippen molar-refractivity contribution in [3.8, 4) is 0 Å². The van der Waals surface area contributed by atoms with Crippen molar-refractivity contribution in [2.45, 2.75) is 17.7 Å². The van der Waals surface area contributed by atoms with E-state index in [4.69, 9.17) is 4.74 Å². The molecule has 1 heterocycles. The van der Waals surface area contributed by atoms with Crippen LogP contribution in [0.2, 0.25) is 0 Å². The number of carbonyl (C=O) groups is 1. The third-order valence-corrected chi connectivity index (χ3v) is 6.30. The number of carbonyl (C=O) groups excluding carboxylic acids is 1. The first kappa shape index (κ1) is 22.4. The van der Waals surface area contributed by atoms with Crippen LogP contribution in [0.4, 0.5) is 10.1 Å². The van der Waals surface area contributed by atoms with Gasteiger partial charge in [0, 0.05) is 38.3 Å². The van der Waals surface area contributed by atoms with Gasteiger partial charge in [-0.15, -0.1) is 0 Å². The Morgan fingerprint density at radius 3 is 2.37 bits per heavy atom. The molecule has 2 aromatic rings. The molecule has 9 heteroatoms. The van der Waals surface area contributed by atoms with Crippen LogP contribution in [-0.4, -0.2) is 58.6 Å². The van der Waals surface area contributed by atoms with Crippen LogP contribution in [0.15, 0.2) is 53.4 Å². The highest BCUT2D eigenvalue weighted by atomic mass is 32.2. The van der Waals surface area contributed by atoms with E-state index in [0.29, 0.717) is 5.69 Å². The number of anilines is 1. The summed E-state index contributed by atoms with van der Waals surface area (Å²) < 4.78 is 44.8. The summed E-state index contributed by atoms with van der Waals surface area (Å²) >= 11 is 0. The molecule has 162 valence electrons. The van der Waals surface area contributed by atoms with Gasteiger partial charge in [-0.05, 0) is 48.4 Å². The fourth-order valence-electron chi connectivity index (χ4n) is 3.09. The van der Waals surface area contributed by atoms with E-state index in [1.54, 1.807) is 0 Å². The second-order valence-corrected chi connectivity index (χ2v) is 8.82. The minimum absolute atomic E-state index is 0.0147. The van der Waals surface area contributed by atoms with E-state index in [1.165, 1.54) is 17.7 Å². The average molecular weight is 436 g/mol. The zero-order valence-electron chi connectivity index (χ0n) is 16.6. The van der Waals surface area contributed by atoms with Gasteiger partial charge in [-0.2, -0.15) is 0 Å². The Labute approximate surface area is 176 Å². The smallest absolute Gasteiger partial charge is 0.240 e. The molecule has 0 spiro atoms. The van der Waals surface area contributed by atoms with E-state index < -0.39 is 15.8 Å². The first-order chi connectivity index (χ1) is 14.4. The monoisotopic (exact) mass is 435 g/mol. The van der Waals surface area contributed by atoms with Crippen molar-refractivity contribution in [2.75, 3.05) is 44.7 Å². The number of nitrogens with zero attached hydrogens (tertiary/aromatic N) is 1. The van der Waals surface area contributed by atoms with E-state index in [9.17, 15) is 17.6 Å². The predicted octanol–water partition coefficient (Wildman–Crippen LogP) is 2.01. The topological polar surface area (TPSA) is 87.7 Å². The van der Waals surface area contributed by atoms with Crippen molar-refractivity contribution < 1.29 is 22.3 Å². The average Bonchev–Trinajstić information content (AvgIpc) is 2.74. The molecule has 1 aliphatic rings. The molecule has 0 unspecified atom stereocenters. The van der Waals surface area contributed by atoms with Crippen LogP contribution in [0.1, 0.15) is 12.0 Å². The molecule has 3 rings (SSSR count). The summed E-state index contributed by atoms with van der Waals surface area (Å²) in [4.78, 5) is 14.4. The molecule has 30 heavy (non-hydrogen) atoms. The second-order valence-electron chi connectivity index (χ2n) is 7.05. The Kier molecular flexibility index (Phi) is 7.92. The third kappa shape index (κ3) is 6.88. The summed E-state index contributed by atoms with van der Waals surface area (Å²) in [5.74, 6) is -0.807. The van der Waals surface area contributed by atoms with Gasteiger partial charge in [-0.25, -0.2) is 17.5 Å². The summed E-state index contributed by atoms with van der Waals surface area (Å²) in [6.07, 6.45) is 0.915. The molecule has 0 saturated carbocycles. The van der Waals surface area contributed by atoms with Crippen LogP contribution in [0.3, 0.4) is 0 Å². The summed E-state index contributed by atoms with van der Waals surface area (Å²) in [5, 5.41) is 2.76. The Morgan fingerprint density at radius 2 is 1.70 bits per heavy atom. The van der Waals surface area contributed by atoms with Crippen LogP contribution < -0.4 is 10.0 Å². The molecule has 2 aromatic carbocycles. The molecule has 2 N–H and O–H groups in total. The number of hydrogen-bond acceptors (Lipinski definition) is 5. The summed E-state index contributed by atoms with van der Waals surface area (Å²) in [7, 11) is -3.78. The van der Waals surface area contributed by atoms with Gasteiger partial charge in [0.15, 0.2) is 0 Å². The first-order valence-electron chi connectivity index (χ1n) is 9.86. The van der Waals surface area contributed by atoms with E-state index in [1.807, 2.05) is 24.3 Å². The molecule has 1 aliphatic heterocycles. The van der Waals surface area contributed by atoms with Crippen LogP contribution in [0, 0.1) is 5.82 Å². The molecule has 0 radical (unpaired) electrons. The van der Waals surface area contributed by atoms with E-state index >= 15 is 0 Å². The van der Waals surface area contributed by atoms with E-state index in [0.717, 1.165) is 51.4 Å². The van der Waals surface area contributed by atoms with Crippen molar-refractivity contribution in [3.63, 3.8) is 0 Å². The fourth-order valence-corrected chi connectivity index (χ4v) is 4.12. The van der Waals surface area contributed by atoms with Crippen LogP contribution >= 0.6 is 0 Å².